The number of ether oxygens (including phenoxy) is 1. The van der Waals surface area contributed by atoms with E-state index in [2.05, 4.69) is 10.6 Å². The molecule has 0 radical (unpaired) electrons. The monoisotopic (exact) mass is 373 g/mol. The molecular formula is C16H21Cl2N3O3. The van der Waals surface area contributed by atoms with Crippen molar-refractivity contribution in [3.05, 3.63) is 28.2 Å². The number of hydrogen-bond donors (Lipinski definition) is 2. The second-order valence-electron chi connectivity index (χ2n) is 5.51. The van der Waals surface area contributed by atoms with E-state index in [1.54, 1.807) is 30.0 Å². The number of benzene rings is 1. The van der Waals surface area contributed by atoms with Crippen LogP contribution in [0.4, 0.5) is 10.5 Å². The molecule has 6 nitrogen and oxygen atoms in total. The van der Waals surface area contributed by atoms with Crippen LogP contribution in [0, 0.1) is 0 Å². The van der Waals surface area contributed by atoms with E-state index in [1.165, 1.54) is 0 Å². The van der Waals surface area contributed by atoms with Gasteiger partial charge in [-0.15, -0.1) is 0 Å². The van der Waals surface area contributed by atoms with Crippen LogP contribution in [0.15, 0.2) is 18.2 Å². The number of nitrogens with zero attached hydrogens (tertiary/aromatic N) is 1. The molecule has 0 saturated carbocycles. The largest absolute Gasteiger partial charge is 0.450 e. The summed E-state index contributed by atoms with van der Waals surface area (Å²) in [5.41, 5.74) is 0.622. The number of anilines is 1. The third-order valence-electron chi connectivity index (χ3n) is 3.75. The number of carbonyl (C=O) groups is 2. The highest BCUT2D eigenvalue weighted by Gasteiger charge is 2.24. The second kappa shape index (κ2) is 8.99. The quantitative estimate of drug-likeness (QED) is 0.831. The second-order valence-corrected chi connectivity index (χ2v) is 6.35. The fraction of sp³-hybridized carbons (Fsp3) is 0.500. The Balaban J connectivity index is 1.74. The minimum Gasteiger partial charge on any atom is -0.450 e. The highest BCUT2D eigenvalue weighted by atomic mass is 35.5. The summed E-state index contributed by atoms with van der Waals surface area (Å²) >= 11 is 11.9. The van der Waals surface area contributed by atoms with Crippen molar-refractivity contribution >= 4 is 40.9 Å². The molecule has 1 saturated heterocycles. The standard InChI is InChI=1S/C16H21Cl2N3O3/c1-2-24-16(23)21-7-5-12(6-8-21)20-15(22)10-19-14-9-11(17)3-4-13(14)18/h3-4,9,12,19H,2,5-8,10H2,1H3,(H,20,22). The van der Waals surface area contributed by atoms with Crippen molar-refractivity contribution in [3.63, 3.8) is 0 Å². The zero-order valence-corrected chi connectivity index (χ0v) is 15.0. The molecule has 0 bridgehead atoms. The number of piperidine rings is 1. The number of amides is 2. The number of hydrogen-bond acceptors (Lipinski definition) is 4. The van der Waals surface area contributed by atoms with Gasteiger partial charge in [-0.2, -0.15) is 0 Å². The van der Waals surface area contributed by atoms with E-state index in [0.29, 0.717) is 48.3 Å². The molecule has 24 heavy (non-hydrogen) atoms. The summed E-state index contributed by atoms with van der Waals surface area (Å²) in [6, 6.07) is 5.09. The third-order valence-corrected chi connectivity index (χ3v) is 4.32. The maximum absolute atomic E-state index is 12.0. The van der Waals surface area contributed by atoms with Gasteiger partial charge in [0.2, 0.25) is 5.91 Å². The molecule has 8 heteroatoms. The molecule has 2 rings (SSSR count). The Morgan fingerprint density at radius 1 is 1.29 bits per heavy atom. The average Bonchev–Trinajstić information content (AvgIpc) is 2.56. The molecule has 1 aliphatic rings. The van der Waals surface area contributed by atoms with Crippen LogP contribution in [-0.4, -0.2) is 49.2 Å². The smallest absolute Gasteiger partial charge is 0.409 e. The average molecular weight is 374 g/mol. The van der Waals surface area contributed by atoms with E-state index in [9.17, 15) is 9.59 Å². The van der Waals surface area contributed by atoms with Crippen molar-refractivity contribution in [3.8, 4) is 0 Å². The highest BCUT2D eigenvalue weighted by Crippen LogP contribution is 2.25. The first-order valence-corrected chi connectivity index (χ1v) is 8.65. The summed E-state index contributed by atoms with van der Waals surface area (Å²) < 4.78 is 4.97. The lowest BCUT2D eigenvalue weighted by Crippen LogP contribution is -2.47. The molecular weight excluding hydrogens is 353 g/mol. The van der Waals surface area contributed by atoms with Crippen molar-refractivity contribution in [1.29, 1.82) is 0 Å². The Hall–Kier alpha value is -1.66. The van der Waals surface area contributed by atoms with Crippen LogP contribution in [0.5, 0.6) is 0 Å². The van der Waals surface area contributed by atoms with Gasteiger partial charge in [0, 0.05) is 24.2 Å². The Labute approximate surface area is 151 Å². The van der Waals surface area contributed by atoms with Gasteiger partial charge in [-0.05, 0) is 38.0 Å². The Morgan fingerprint density at radius 2 is 2.00 bits per heavy atom. The first-order chi connectivity index (χ1) is 11.5. The predicted molar refractivity (Wildman–Crippen MR) is 94.7 cm³/mol. The van der Waals surface area contributed by atoms with E-state index in [4.69, 9.17) is 27.9 Å². The maximum Gasteiger partial charge on any atom is 0.409 e. The van der Waals surface area contributed by atoms with E-state index in [-0.39, 0.29) is 24.6 Å². The molecule has 132 valence electrons. The van der Waals surface area contributed by atoms with Gasteiger partial charge in [-0.3, -0.25) is 4.79 Å². The topological polar surface area (TPSA) is 70.7 Å². The minimum atomic E-state index is -0.292. The van der Waals surface area contributed by atoms with Crippen LogP contribution < -0.4 is 10.6 Å². The molecule has 0 aromatic heterocycles. The van der Waals surface area contributed by atoms with Crippen LogP contribution in [0.3, 0.4) is 0 Å². The van der Waals surface area contributed by atoms with E-state index in [0.717, 1.165) is 0 Å². The Morgan fingerprint density at radius 3 is 2.67 bits per heavy atom. The number of carbonyl (C=O) groups excluding carboxylic acids is 2. The molecule has 1 heterocycles. The Bertz CT molecular complexity index is 590. The van der Waals surface area contributed by atoms with Gasteiger partial charge in [-0.1, -0.05) is 23.2 Å². The van der Waals surface area contributed by atoms with E-state index in [1.807, 2.05) is 0 Å². The summed E-state index contributed by atoms with van der Waals surface area (Å²) in [4.78, 5) is 25.3. The molecule has 0 spiro atoms. The molecule has 0 atom stereocenters. The highest BCUT2D eigenvalue weighted by molar-refractivity contribution is 6.35. The van der Waals surface area contributed by atoms with Crippen LogP contribution in [0.1, 0.15) is 19.8 Å². The van der Waals surface area contributed by atoms with Gasteiger partial charge in [0.1, 0.15) is 0 Å². The van der Waals surface area contributed by atoms with Crippen molar-refractivity contribution in [2.45, 2.75) is 25.8 Å². The molecule has 1 aromatic carbocycles. The molecule has 2 amide bonds. The summed E-state index contributed by atoms with van der Waals surface area (Å²) in [7, 11) is 0. The van der Waals surface area contributed by atoms with Gasteiger partial charge < -0.3 is 20.3 Å². The summed E-state index contributed by atoms with van der Waals surface area (Å²) in [6.45, 7) is 3.42. The van der Waals surface area contributed by atoms with Crippen LogP contribution in [0.2, 0.25) is 10.0 Å². The summed E-state index contributed by atoms with van der Waals surface area (Å²) in [5, 5.41) is 6.99. The molecule has 2 N–H and O–H groups in total. The van der Waals surface area contributed by atoms with Crippen molar-refractivity contribution < 1.29 is 14.3 Å². The van der Waals surface area contributed by atoms with Crippen LogP contribution >= 0.6 is 23.2 Å². The molecule has 0 unspecified atom stereocenters. The zero-order valence-electron chi connectivity index (χ0n) is 13.5. The maximum atomic E-state index is 12.0. The molecule has 1 aliphatic heterocycles. The van der Waals surface area contributed by atoms with Crippen molar-refractivity contribution in [2.75, 3.05) is 31.6 Å². The lowest BCUT2D eigenvalue weighted by molar-refractivity contribution is -0.120. The molecule has 0 aliphatic carbocycles. The molecule has 1 fully saturated rings. The third kappa shape index (κ3) is 5.46. The molecule has 1 aromatic rings. The van der Waals surface area contributed by atoms with Gasteiger partial charge >= 0.3 is 6.09 Å². The Kier molecular flexibility index (Phi) is 6.99. The normalized spacial score (nSPS) is 15.0. The number of nitrogens with one attached hydrogen (secondary N) is 2. The lowest BCUT2D eigenvalue weighted by atomic mass is 10.1. The first kappa shape index (κ1) is 18.7. The number of halogens is 2. The lowest BCUT2D eigenvalue weighted by Gasteiger charge is -2.31. The van der Waals surface area contributed by atoms with E-state index < -0.39 is 0 Å². The van der Waals surface area contributed by atoms with Crippen molar-refractivity contribution in [1.82, 2.24) is 10.2 Å². The summed E-state index contributed by atoms with van der Waals surface area (Å²) in [5.74, 6) is -0.124. The number of rotatable bonds is 5. The van der Waals surface area contributed by atoms with Gasteiger partial charge in [0.05, 0.1) is 23.9 Å². The van der Waals surface area contributed by atoms with Crippen LogP contribution in [-0.2, 0) is 9.53 Å². The van der Waals surface area contributed by atoms with Gasteiger partial charge in [0.25, 0.3) is 0 Å². The minimum absolute atomic E-state index is 0.0554. The number of likely N-dealkylation sites (tertiary alicyclic amines) is 1. The predicted octanol–water partition coefficient (Wildman–Crippen LogP) is 3.14. The zero-order chi connectivity index (χ0) is 17.5. The van der Waals surface area contributed by atoms with Gasteiger partial charge in [-0.25, -0.2) is 4.79 Å². The SMILES string of the molecule is CCOC(=O)N1CCC(NC(=O)CNc2cc(Cl)ccc2Cl)CC1. The summed E-state index contributed by atoms with van der Waals surface area (Å²) in [6.07, 6.45) is 1.13. The van der Waals surface area contributed by atoms with E-state index >= 15 is 0 Å². The van der Waals surface area contributed by atoms with Crippen LogP contribution in [0.25, 0.3) is 0 Å². The fourth-order valence-electron chi connectivity index (χ4n) is 2.51. The fourth-order valence-corrected chi connectivity index (χ4v) is 2.86. The first-order valence-electron chi connectivity index (χ1n) is 7.89. The van der Waals surface area contributed by atoms with Crippen molar-refractivity contribution in [2.24, 2.45) is 0 Å². The van der Waals surface area contributed by atoms with Gasteiger partial charge in [0.15, 0.2) is 0 Å².